The Balaban J connectivity index is 1.73. The van der Waals surface area contributed by atoms with Crippen LogP contribution >= 0.6 is 0 Å². The van der Waals surface area contributed by atoms with E-state index < -0.39 is 15.9 Å². The van der Waals surface area contributed by atoms with Crippen molar-refractivity contribution in [1.29, 1.82) is 5.26 Å². The number of nitriles is 1. The van der Waals surface area contributed by atoms with E-state index in [1.54, 1.807) is 43.3 Å². The summed E-state index contributed by atoms with van der Waals surface area (Å²) in [5.41, 5.74) is 1.90. The van der Waals surface area contributed by atoms with Gasteiger partial charge in [-0.3, -0.25) is 4.79 Å². The number of amides is 1. The molecule has 0 spiro atoms. The Morgan fingerprint density at radius 1 is 1.15 bits per heavy atom. The fraction of sp³-hybridized carbons (Fsp3) is 0.333. The van der Waals surface area contributed by atoms with Crippen molar-refractivity contribution >= 4 is 27.7 Å². The Kier molecular flexibility index (Phi) is 8.09. The zero-order chi connectivity index (χ0) is 23.8. The molecule has 8 nitrogen and oxygen atoms in total. The molecule has 2 aromatic carbocycles. The van der Waals surface area contributed by atoms with Gasteiger partial charge in [0.25, 0.3) is 0 Å². The van der Waals surface area contributed by atoms with Crippen LogP contribution in [0.5, 0.6) is 11.5 Å². The lowest BCUT2D eigenvalue weighted by atomic mass is 10.1. The number of hydrogen-bond donors (Lipinski definition) is 1. The molecule has 0 saturated carbocycles. The summed E-state index contributed by atoms with van der Waals surface area (Å²) in [7, 11) is -2.10. The van der Waals surface area contributed by atoms with E-state index in [4.69, 9.17) is 14.7 Å². The number of aryl methyl sites for hydroxylation is 1. The second-order valence-electron chi connectivity index (χ2n) is 7.62. The molecular formula is C24H27N3O5S. The number of nitrogens with zero attached hydrogens (tertiary/aromatic N) is 2. The monoisotopic (exact) mass is 469 g/mol. The van der Waals surface area contributed by atoms with E-state index in [0.717, 1.165) is 24.8 Å². The van der Waals surface area contributed by atoms with Crippen molar-refractivity contribution in [3.05, 3.63) is 53.6 Å². The van der Waals surface area contributed by atoms with Crippen LogP contribution in [0, 0.1) is 18.3 Å². The topological polar surface area (TPSA) is 109 Å². The van der Waals surface area contributed by atoms with Crippen LogP contribution in [-0.4, -0.2) is 45.4 Å². The van der Waals surface area contributed by atoms with Gasteiger partial charge in [-0.2, -0.15) is 9.57 Å². The molecule has 2 aromatic rings. The minimum absolute atomic E-state index is 0.0974. The van der Waals surface area contributed by atoms with E-state index in [2.05, 4.69) is 5.32 Å². The molecule has 0 bridgehead atoms. The van der Waals surface area contributed by atoms with Crippen LogP contribution in [-0.2, 0) is 14.8 Å². The predicted octanol–water partition coefficient (Wildman–Crippen LogP) is 3.73. The first-order chi connectivity index (χ1) is 15.8. The average molecular weight is 470 g/mol. The zero-order valence-electron chi connectivity index (χ0n) is 18.7. The largest absolute Gasteiger partial charge is 0.493 e. The minimum Gasteiger partial charge on any atom is -0.493 e. The van der Waals surface area contributed by atoms with Crippen LogP contribution in [0.4, 0.5) is 5.69 Å². The van der Waals surface area contributed by atoms with Gasteiger partial charge in [0.2, 0.25) is 15.9 Å². The molecule has 0 radical (unpaired) electrons. The van der Waals surface area contributed by atoms with Crippen molar-refractivity contribution in [3.63, 3.8) is 0 Å². The highest BCUT2D eigenvalue weighted by Crippen LogP contribution is 2.29. The number of ether oxygens (including phenoxy) is 2. The lowest BCUT2D eigenvalue weighted by molar-refractivity contribution is -0.111. The number of carbonyl (C=O) groups is 1. The maximum Gasteiger partial charge on any atom is 0.248 e. The van der Waals surface area contributed by atoms with E-state index in [-0.39, 0.29) is 11.5 Å². The molecule has 9 heteroatoms. The highest BCUT2D eigenvalue weighted by atomic mass is 32.2. The predicted molar refractivity (Wildman–Crippen MR) is 126 cm³/mol. The van der Waals surface area contributed by atoms with Crippen molar-refractivity contribution in [1.82, 2.24) is 4.31 Å². The molecule has 0 unspecified atom stereocenters. The molecule has 0 aliphatic carbocycles. The molecule has 0 aromatic heterocycles. The fourth-order valence-electron chi connectivity index (χ4n) is 3.51. The Morgan fingerprint density at radius 2 is 1.91 bits per heavy atom. The average Bonchev–Trinajstić information content (AvgIpc) is 2.83. The lowest BCUT2D eigenvalue weighted by Gasteiger charge is -2.26. The molecule has 1 aliphatic rings. The summed E-state index contributed by atoms with van der Waals surface area (Å²) in [4.78, 5) is 12.7. The van der Waals surface area contributed by atoms with Crippen LogP contribution in [0.1, 0.15) is 30.4 Å². The van der Waals surface area contributed by atoms with Crippen LogP contribution in [0.15, 0.2) is 47.4 Å². The smallest absolute Gasteiger partial charge is 0.248 e. The Hall–Kier alpha value is -3.35. The molecule has 174 valence electrons. The minimum atomic E-state index is -3.59. The molecule has 33 heavy (non-hydrogen) atoms. The van der Waals surface area contributed by atoms with Gasteiger partial charge in [0, 0.05) is 24.9 Å². The Morgan fingerprint density at radius 3 is 2.61 bits per heavy atom. The van der Waals surface area contributed by atoms with Gasteiger partial charge < -0.3 is 14.8 Å². The SMILES string of the molecule is COc1cc(C=CC(=O)Nc2cc(S(=O)(=O)N3CCCCC3)ccc2C)ccc1OCC#N. The second-order valence-corrected chi connectivity index (χ2v) is 9.56. The van der Waals surface area contributed by atoms with Crippen molar-refractivity contribution in [2.24, 2.45) is 0 Å². The van der Waals surface area contributed by atoms with Crippen LogP contribution < -0.4 is 14.8 Å². The van der Waals surface area contributed by atoms with Gasteiger partial charge in [-0.1, -0.05) is 18.6 Å². The van der Waals surface area contributed by atoms with Gasteiger partial charge in [-0.05, 0) is 61.2 Å². The van der Waals surface area contributed by atoms with Crippen LogP contribution in [0.25, 0.3) is 6.08 Å². The summed E-state index contributed by atoms with van der Waals surface area (Å²) in [6.45, 7) is 2.75. The maximum atomic E-state index is 13.0. The summed E-state index contributed by atoms with van der Waals surface area (Å²) < 4.78 is 38.0. The second kappa shape index (κ2) is 11.0. The lowest BCUT2D eigenvalue weighted by Crippen LogP contribution is -2.35. The summed E-state index contributed by atoms with van der Waals surface area (Å²) in [5.74, 6) is 0.483. The standard InChI is InChI=1S/C24H27N3O5S/c1-18-6-9-20(33(29,30)27-13-4-3-5-14-27)17-21(18)26-24(28)11-8-19-7-10-22(32-15-12-25)23(16-19)31-2/h6-11,16-17H,3-5,13-15H2,1-2H3,(H,26,28). The Labute approximate surface area is 194 Å². The number of anilines is 1. The van der Waals surface area contributed by atoms with Crippen LogP contribution in [0.2, 0.25) is 0 Å². The molecule has 0 atom stereocenters. The van der Waals surface area contributed by atoms with Crippen molar-refractivity contribution in [3.8, 4) is 17.6 Å². The number of carbonyl (C=O) groups excluding carboxylic acids is 1. The molecular weight excluding hydrogens is 442 g/mol. The number of hydrogen-bond acceptors (Lipinski definition) is 6. The van der Waals surface area contributed by atoms with Gasteiger partial charge in [0.1, 0.15) is 6.07 Å². The van der Waals surface area contributed by atoms with E-state index in [1.807, 2.05) is 6.07 Å². The Bertz CT molecular complexity index is 1180. The third kappa shape index (κ3) is 6.12. The van der Waals surface area contributed by atoms with Gasteiger partial charge in [0.15, 0.2) is 18.1 Å². The van der Waals surface area contributed by atoms with Crippen molar-refractivity contribution in [2.75, 3.05) is 32.1 Å². The third-order valence-electron chi connectivity index (χ3n) is 5.33. The molecule has 3 rings (SSSR count). The number of nitrogens with one attached hydrogen (secondary N) is 1. The molecule has 1 aliphatic heterocycles. The highest BCUT2D eigenvalue weighted by molar-refractivity contribution is 7.89. The number of piperidine rings is 1. The molecule has 1 fully saturated rings. The number of benzene rings is 2. The first-order valence-corrected chi connectivity index (χ1v) is 12.1. The number of sulfonamides is 1. The van der Waals surface area contributed by atoms with Gasteiger partial charge in [-0.15, -0.1) is 0 Å². The fourth-order valence-corrected chi connectivity index (χ4v) is 5.06. The summed E-state index contributed by atoms with van der Waals surface area (Å²) in [6, 6.07) is 11.8. The molecule has 1 saturated heterocycles. The van der Waals surface area contributed by atoms with E-state index in [9.17, 15) is 13.2 Å². The zero-order valence-corrected chi connectivity index (χ0v) is 19.5. The maximum absolute atomic E-state index is 13.0. The normalized spacial score (nSPS) is 14.6. The van der Waals surface area contributed by atoms with Gasteiger partial charge >= 0.3 is 0 Å². The van der Waals surface area contributed by atoms with Crippen molar-refractivity contribution < 1.29 is 22.7 Å². The number of methoxy groups -OCH3 is 1. The third-order valence-corrected chi connectivity index (χ3v) is 7.22. The highest BCUT2D eigenvalue weighted by Gasteiger charge is 2.26. The van der Waals surface area contributed by atoms with E-state index >= 15 is 0 Å². The van der Waals surface area contributed by atoms with Gasteiger partial charge in [-0.25, -0.2) is 8.42 Å². The number of rotatable bonds is 8. The molecule has 1 amide bonds. The van der Waals surface area contributed by atoms with Crippen LogP contribution in [0.3, 0.4) is 0 Å². The molecule has 1 N–H and O–H groups in total. The van der Waals surface area contributed by atoms with Crippen molar-refractivity contribution in [2.45, 2.75) is 31.1 Å². The first-order valence-electron chi connectivity index (χ1n) is 10.6. The summed E-state index contributed by atoms with van der Waals surface area (Å²) in [5, 5.41) is 11.4. The summed E-state index contributed by atoms with van der Waals surface area (Å²) >= 11 is 0. The molecule has 1 heterocycles. The quantitative estimate of drug-likeness (QED) is 0.590. The van der Waals surface area contributed by atoms with E-state index in [0.29, 0.717) is 35.8 Å². The summed E-state index contributed by atoms with van der Waals surface area (Å²) in [6.07, 6.45) is 5.71. The first kappa shape index (κ1) is 24.3. The van der Waals surface area contributed by atoms with Gasteiger partial charge in [0.05, 0.1) is 12.0 Å². The van der Waals surface area contributed by atoms with E-state index in [1.165, 1.54) is 23.6 Å².